The third kappa shape index (κ3) is 5.37. The zero-order valence-electron chi connectivity index (χ0n) is 15.6. The molecule has 8 nitrogen and oxygen atoms in total. The van der Waals surface area contributed by atoms with Crippen LogP contribution in [0.15, 0.2) is 10.2 Å². The summed E-state index contributed by atoms with van der Waals surface area (Å²) in [5, 5.41) is 7.58. The summed E-state index contributed by atoms with van der Waals surface area (Å²) in [5.74, 6) is -0.492. The number of ketones is 2. The molecule has 4 atom stereocenters. The minimum absolute atomic E-state index is 0.00542. The molecule has 0 aromatic carbocycles. The summed E-state index contributed by atoms with van der Waals surface area (Å²) in [6.07, 6.45) is 3.24. The van der Waals surface area contributed by atoms with E-state index in [0.29, 0.717) is 0 Å². The molecule has 2 rings (SSSR count). The second-order valence-electron chi connectivity index (χ2n) is 6.79. The van der Waals surface area contributed by atoms with Crippen LogP contribution in [0.1, 0.15) is 34.6 Å². The molecule has 0 radical (unpaired) electrons. The summed E-state index contributed by atoms with van der Waals surface area (Å²) in [4.78, 5) is 34.3. The summed E-state index contributed by atoms with van der Waals surface area (Å²) >= 11 is 0. The van der Waals surface area contributed by atoms with E-state index in [1.54, 1.807) is 20.1 Å². The molecule has 0 aliphatic carbocycles. The van der Waals surface area contributed by atoms with Crippen molar-refractivity contribution in [1.29, 1.82) is 0 Å². The quantitative estimate of drug-likeness (QED) is 0.707. The van der Waals surface area contributed by atoms with Crippen LogP contribution in [0.5, 0.6) is 0 Å². The smallest absolute Gasteiger partial charge is 0.331 e. The average Bonchev–Trinajstić information content (AvgIpc) is 3.21. The second-order valence-corrected chi connectivity index (χ2v) is 6.79. The Hall–Kier alpha value is -2.25. The van der Waals surface area contributed by atoms with Crippen molar-refractivity contribution in [2.24, 2.45) is 33.9 Å². The first-order valence-electron chi connectivity index (χ1n) is 8.43. The van der Waals surface area contributed by atoms with Crippen LogP contribution >= 0.6 is 0 Å². The first kappa shape index (κ1) is 20.8. The Morgan fingerprint density at radius 1 is 0.920 bits per heavy atom. The fraction of sp³-hybridized carbons (Fsp3) is 0.706. The molecule has 2 N–H and O–H groups in total. The van der Waals surface area contributed by atoms with E-state index < -0.39 is 17.9 Å². The van der Waals surface area contributed by atoms with Crippen molar-refractivity contribution >= 4 is 30.0 Å². The van der Waals surface area contributed by atoms with Crippen molar-refractivity contribution in [3.05, 3.63) is 0 Å². The van der Waals surface area contributed by atoms with Gasteiger partial charge in [-0.25, -0.2) is 4.79 Å². The van der Waals surface area contributed by atoms with E-state index in [-0.39, 0.29) is 35.4 Å². The number of hydrazone groups is 2. The van der Waals surface area contributed by atoms with Gasteiger partial charge in [0.25, 0.3) is 0 Å². The number of esters is 1. The lowest BCUT2D eigenvalue weighted by Gasteiger charge is -2.16. The Morgan fingerprint density at radius 3 is 1.88 bits per heavy atom. The predicted octanol–water partition coefficient (Wildman–Crippen LogP) is 0.764. The van der Waals surface area contributed by atoms with E-state index in [9.17, 15) is 14.4 Å². The second kappa shape index (κ2) is 9.29. The number of rotatable bonds is 5. The first-order valence-corrected chi connectivity index (χ1v) is 8.43. The van der Waals surface area contributed by atoms with E-state index >= 15 is 0 Å². The lowest BCUT2D eigenvalue weighted by atomic mass is 9.91. The largest absolute Gasteiger partial charge is 0.467 e. The van der Waals surface area contributed by atoms with Crippen molar-refractivity contribution in [2.75, 3.05) is 7.11 Å². The molecular formula is C17H28N4O4. The van der Waals surface area contributed by atoms with Crippen molar-refractivity contribution < 1.29 is 19.1 Å². The molecule has 8 heteroatoms. The molecule has 0 saturated heterocycles. The van der Waals surface area contributed by atoms with Crippen LogP contribution in [-0.2, 0) is 19.1 Å². The highest BCUT2D eigenvalue weighted by Gasteiger charge is 2.37. The van der Waals surface area contributed by atoms with Gasteiger partial charge < -0.3 is 4.74 Å². The van der Waals surface area contributed by atoms with Gasteiger partial charge in [0.2, 0.25) is 0 Å². The lowest BCUT2D eigenvalue weighted by Crippen LogP contribution is -2.41. The molecule has 0 bridgehead atoms. The number of Topliss-reactive ketones (excluding diaryl/α,β-unsaturated/α-hetero) is 2. The van der Waals surface area contributed by atoms with Gasteiger partial charge >= 0.3 is 5.97 Å². The van der Waals surface area contributed by atoms with Crippen LogP contribution in [0.25, 0.3) is 0 Å². The molecule has 2 heterocycles. The number of methoxy groups -OCH3 is 1. The Kier molecular flexibility index (Phi) is 7.73. The first-order chi connectivity index (χ1) is 11.7. The Labute approximate surface area is 148 Å². The van der Waals surface area contributed by atoms with Crippen molar-refractivity contribution in [3.63, 3.8) is 0 Å². The van der Waals surface area contributed by atoms with Crippen LogP contribution in [0, 0.1) is 23.7 Å². The monoisotopic (exact) mass is 352 g/mol. The third-order valence-electron chi connectivity index (χ3n) is 4.09. The topological polar surface area (TPSA) is 109 Å². The summed E-state index contributed by atoms with van der Waals surface area (Å²) < 4.78 is 4.56. The summed E-state index contributed by atoms with van der Waals surface area (Å²) in [6, 6.07) is -0.745. The lowest BCUT2D eigenvalue weighted by molar-refractivity contribution is -0.145. The number of hydrogen-bond acceptors (Lipinski definition) is 8. The van der Waals surface area contributed by atoms with Gasteiger partial charge in [0.05, 0.1) is 13.0 Å². The van der Waals surface area contributed by atoms with Gasteiger partial charge in [-0.1, -0.05) is 34.6 Å². The number of hydrogen-bond donors (Lipinski definition) is 2. The number of carbonyl (C=O) groups is 3. The molecular weight excluding hydrogens is 324 g/mol. The van der Waals surface area contributed by atoms with Crippen molar-refractivity contribution in [2.45, 2.75) is 46.7 Å². The SMILES string of the molecule is CC(C)C(=O)C1NN=CC1C.COC(=O)C1NN=CC1C(=O)C(C)C. The minimum atomic E-state index is -0.658. The van der Waals surface area contributed by atoms with E-state index in [1.807, 2.05) is 20.8 Å². The molecule has 25 heavy (non-hydrogen) atoms. The molecule has 0 aromatic heterocycles. The van der Waals surface area contributed by atoms with E-state index in [0.717, 1.165) is 0 Å². The highest BCUT2D eigenvalue weighted by atomic mass is 16.5. The fourth-order valence-corrected chi connectivity index (χ4v) is 2.45. The fourth-order valence-electron chi connectivity index (χ4n) is 2.45. The maximum Gasteiger partial charge on any atom is 0.331 e. The van der Waals surface area contributed by atoms with E-state index in [2.05, 4.69) is 25.8 Å². The van der Waals surface area contributed by atoms with E-state index in [4.69, 9.17) is 0 Å². The number of nitrogens with one attached hydrogen (secondary N) is 2. The van der Waals surface area contributed by atoms with Gasteiger partial charge in [-0.05, 0) is 0 Å². The number of carbonyl (C=O) groups excluding carboxylic acids is 3. The van der Waals surface area contributed by atoms with Crippen molar-refractivity contribution in [1.82, 2.24) is 10.9 Å². The van der Waals surface area contributed by atoms with Crippen LogP contribution in [0.3, 0.4) is 0 Å². The molecule has 2 aliphatic heterocycles. The average molecular weight is 352 g/mol. The van der Waals surface area contributed by atoms with Gasteiger partial charge in [0.15, 0.2) is 11.8 Å². The van der Waals surface area contributed by atoms with Gasteiger partial charge in [-0.3, -0.25) is 20.4 Å². The highest BCUT2D eigenvalue weighted by molar-refractivity contribution is 6.02. The minimum Gasteiger partial charge on any atom is -0.467 e. The van der Waals surface area contributed by atoms with Gasteiger partial charge in [0.1, 0.15) is 11.8 Å². The normalized spacial score (nSPS) is 26.7. The molecule has 4 unspecified atom stereocenters. The molecule has 0 fully saturated rings. The zero-order valence-corrected chi connectivity index (χ0v) is 15.6. The van der Waals surface area contributed by atoms with Crippen LogP contribution in [0.2, 0.25) is 0 Å². The maximum atomic E-state index is 11.6. The third-order valence-corrected chi connectivity index (χ3v) is 4.09. The van der Waals surface area contributed by atoms with Crippen LogP contribution in [0.4, 0.5) is 0 Å². The highest BCUT2D eigenvalue weighted by Crippen LogP contribution is 2.15. The van der Waals surface area contributed by atoms with E-state index in [1.165, 1.54) is 13.3 Å². The van der Waals surface area contributed by atoms with Gasteiger partial charge in [0, 0.05) is 30.2 Å². The molecule has 2 aliphatic rings. The Balaban J connectivity index is 0.000000257. The molecule has 0 aromatic rings. The number of nitrogens with zero attached hydrogens (tertiary/aromatic N) is 2. The molecule has 140 valence electrons. The zero-order chi connectivity index (χ0) is 19.1. The summed E-state index contributed by atoms with van der Waals surface area (Å²) in [7, 11) is 1.29. The van der Waals surface area contributed by atoms with Gasteiger partial charge in [-0.2, -0.15) is 10.2 Å². The molecule has 0 saturated carbocycles. The van der Waals surface area contributed by atoms with Crippen LogP contribution < -0.4 is 10.9 Å². The Bertz CT molecular complexity index is 557. The Morgan fingerprint density at radius 2 is 1.44 bits per heavy atom. The summed E-state index contributed by atoms with van der Waals surface area (Å²) in [5.41, 5.74) is 5.37. The predicted molar refractivity (Wildman–Crippen MR) is 95.2 cm³/mol. The van der Waals surface area contributed by atoms with Gasteiger partial charge in [-0.15, -0.1) is 0 Å². The maximum absolute atomic E-state index is 11.6. The standard InChI is InChI=1S/C9H14N2O3.C8H14N2O/c1-5(2)8(12)6-4-10-11-7(6)9(13)14-3;1-5(2)8(11)7-6(3)4-9-10-7/h4-7,11H,1-3H3;4-7,10H,1-3H3. The van der Waals surface area contributed by atoms with Crippen LogP contribution in [-0.4, -0.2) is 49.2 Å². The van der Waals surface area contributed by atoms with Crippen molar-refractivity contribution in [3.8, 4) is 0 Å². The molecule has 0 spiro atoms. The molecule has 0 amide bonds. The summed E-state index contributed by atoms with van der Waals surface area (Å²) in [6.45, 7) is 9.41. The number of ether oxygens (including phenoxy) is 1.